The maximum atomic E-state index is 5.86. The first-order valence-electron chi connectivity index (χ1n) is 3.90. The Kier molecular flexibility index (Phi) is 2.62. The maximum Gasteiger partial charge on any atom is 0.156 e. The monoisotopic (exact) mass is 223 g/mol. The Balaban J connectivity index is 2.64. The summed E-state index contributed by atoms with van der Waals surface area (Å²) in [5, 5.41) is 0.411. The van der Waals surface area contributed by atoms with Crippen molar-refractivity contribution in [2.24, 2.45) is 0 Å². The Hall–Kier alpha value is -1.18. The number of hydrogen-bond donors (Lipinski definition) is 2. The van der Waals surface area contributed by atoms with Gasteiger partial charge in [0.15, 0.2) is 5.15 Å². The first-order chi connectivity index (χ1) is 6.83. The minimum absolute atomic E-state index is 0.411. The largest absolute Gasteiger partial charge is 0.356 e. The van der Waals surface area contributed by atoms with E-state index in [2.05, 4.69) is 39.4 Å². The summed E-state index contributed by atoms with van der Waals surface area (Å²) in [5.41, 5.74) is 2.29. The number of aromatic nitrogens is 3. The lowest BCUT2D eigenvalue weighted by Gasteiger charge is -1.90. The van der Waals surface area contributed by atoms with Gasteiger partial charge in [-0.3, -0.25) is 0 Å². The van der Waals surface area contributed by atoms with Gasteiger partial charge in [0.1, 0.15) is 17.4 Å². The summed E-state index contributed by atoms with van der Waals surface area (Å²) in [6.07, 6.45) is 3.19. The van der Waals surface area contributed by atoms with E-state index in [0.717, 1.165) is 16.6 Å². The van der Waals surface area contributed by atoms with Crippen LogP contribution < -0.4 is 0 Å². The molecule has 3 nitrogen and oxygen atoms in total. The number of nitrogens with zero attached hydrogens (tertiary/aromatic N) is 2. The van der Waals surface area contributed by atoms with Crippen molar-refractivity contribution in [2.45, 2.75) is 0 Å². The zero-order chi connectivity index (χ0) is 9.97. The van der Waals surface area contributed by atoms with Crippen molar-refractivity contribution in [3.05, 3.63) is 23.2 Å². The van der Waals surface area contributed by atoms with Crippen molar-refractivity contribution in [3.63, 3.8) is 0 Å². The van der Waals surface area contributed by atoms with E-state index in [9.17, 15) is 0 Å². The molecule has 0 saturated heterocycles. The fourth-order valence-corrected chi connectivity index (χ4v) is 1.41. The van der Waals surface area contributed by atoms with Gasteiger partial charge < -0.3 is 4.98 Å². The number of nitrogens with one attached hydrogen (secondary N) is 1. The number of H-pyrrole nitrogens is 1. The zero-order valence-corrected chi connectivity index (χ0v) is 8.73. The molecule has 0 amide bonds. The van der Waals surface area contributed by atoms with Gasteiger partial charge in [-0.15, -0.1) is 0 Å². The van der Waals surface area contributed by atoms with Crippen molar-refractivity contribution in [3.8, 4) is 11.8 Å². The van der Waals surface area contributed by atoms with Gasteiger partial charge in [-0.2, -0.15) is 12.6 Å². The fraction of sp³-hybridized carbons (Fsp3) is 0.111. The molecule has 70 valence electrons. The molecule has 0 saturated carbocycles. The van der Waals surface area contributed by atoms with Crippen LogP contribution in [0.15, 0.2) is 12.5 Å². The molecule has 5 heteroatoms. The van der Waals surface area contributed by atoms with Gasteiger partial charge in [-0.1, -0.05) is 23.4 Å². The Labute approximate surface area is 91.3 Å². The molecule has 0 spiro atoms. The van der Waals surface area contributed by atoms with Gasteiger partial charge in [0.2, 0.25) is 0 Å². The normalized spacial score (nSPS) is 9.86. The van der Waals surface area contributed by atoms with E-state index in [-0.39, 0.29) is 0 Å². The molecule has 0 aliphatic carbocycles. The summed E-state index contributed by atoms with van der Waals surface area (Å²) in [6, 6.07) is 0. The van der Waals surface area contributed by atoms with Crippen LogP contribution in [0.1, 0.15) is 5.56 Å². The lowest BCUT2D eigenvalue weighted by Crippen LogP contribution is -1.81. The average Bonchev–Trinajstić information content (AvgIpc) is 2.60. The van der Waals surface area contributed by atoms with E-state index in [4.69, 9.17) is 11.6 Å². The molecule has 2 aromatic heterocycles. The minimum Gasteiger partial charge on any atom is -0.356 e. The van der Waals surface area contributed by atoms with E-state index >= 15 is 0 Å². The molecule has 2 aromatic rings. The van der Waals surface area contributed by atoms with Gasteiger partial charge in [0.25, 0.3) is 0 Å². The zero-order valence-electron chi connectivity index (χ0n) is 7.08. The number of rotatable bonds is 0. The number of fused-ring (bicyclic) bond motifs is 1. The van der Waals surface area contributed by atoms with Crippen LogP contribution in [0.25, 0.3) is 11.0 Å². The standard InChI is InChI=1S/C9H6ClN3S/c10-9-8-7(12-5-13-9)6(4-11-8)2-1-3-14/h4-5,11,14H,3H2. The number of thiol groups is 1. The predicted molar refractivity (Wildman–Crippen MR) is 59.6 cm³/mol. The summed E-state index contributed by atoms with van der Waals surface area (Å²) in [6.45, 7) is 0. The Morgan fingerprint density at radius 2 is 2.36 bits per heavy atom. The highest BCUT2D eigenvalue weighted by Gasteiger charge is 2.05. The molecule has 2 heterocycles. The molecule has 2 rings (SSSR count). The van der Waals surface area contributed by atoms with Crippen molar-refractivity contribution >= 4 is 35.3 Å². The van der Waals surface area contributed by atoms with Crippen LogP contribution in [-0.2, 0) is 0 Å². The number of hydrogen-bond acceptors (Lipinski definition) is 3. The summed E-state index contributed by atoms with van der Waals surface area (Å²) < 4.78 is 0. The third kappa shape index (κ3) is 1.57. The molecule has 1 N–H and O–H groups in total. The van der Waals surface area contributed by atoms with E-state index in [1.807, 2.05) is 0 Å². The Morgan fingerprint density at radius 1 is 1.50 bits per heavy atom. The van der Waals surface area contributed by atoms with Gasteiger partial charge in [-0.25, -0.2) is 9.97 Å². The molecule has 0 unspecified atom stereocenters. The van der Waals surface area contributed by atoms with Crippen LogP contribution in [0.5, 0.6) is 0 Å². The second-order valence-corrected chi connectivity index (χ2v) is 3.22. The van der Waals surface area contributed by atoms with Crippen LogP contribution in [-0.4, -0.2) is 20.7 Å². The fourth-order valence-electron chi connectivity index (χ4n) is 1.14. The molecular formula is C9H6ClN3S. The summed E-state index contributed by atoms with van der Waals surface area (Å²) in [5.74, 6) is 6.31. The third-order valence-electron chi connectivity index (χ3n) is 1.72. The van der Waals surface area contributed by atoms with Crippen LogP contribution >= 0.6 is 24.2 Å². The van der Waals surface area contributed by atoms with Crippen LogP contribution in [0.3, 0.4) is 0 Å². The van der Waals surface area contributed by atoms with Gasteiger partial charge in [-0.05, 0) is 0 Å². The quantitative estimate of drug-likeness (QED) is 0.407. The predicted octanol–water partition coefficient (Wildman–Crippen LogP) is 1.89. The second kappa shape index (κ2) is 3.91. The third-order valence-corrected chi connectivity index (χ3v) is 2.16. The van der Waals surface area contributed by atoms with E-state index in [1.165, 1.54) is 6.33 Å². The highest BCUT2D eigenvalue weighted by molar-refractivity contribution is 7.80. The SMILES string of the molecule is SCC#Cc1c[nH]c2c(Cl)ncnc12. The summed E-state index contributed by atoms with van der Waals surface area (Å²) in [7, 11) is 0. The molecule has 0 aliphatic heterocycles. The van der Waals surface area contributed by atoms with Crippen LogP contribution in [0.2, 0.25) is 5.15 Å². The van der Waals surface area contributed by atoms with Crippen LogP contribution in [0, 0.1) is 11.8 Å². The van der Waals surface area contributed by atoms with Gasteiger partial charge >= 0.3 is 0 Å². The minimum atomic E-state index is 0.411. The highest BCUT2D eigenvalue weighted by Crippen LogP contribution is 2.19. The van der Waals surface area contributed by atoms with Gasteiger partial charge in [0.05, 0.1) is 11.3 Å². The molecule has 0 fully saturated rings. The number of halogens is 1. The number of aromatic amines is 1. The maximum absolute atomic E-state index is 5.86. The lowest BCUT2D eigenvalue weighted by molar-refractivity contribution is 1.22. The lowest BCUT2D eigenvalue weighted by atomic mass is 10.3. The topological polar surface area (TPSA) is 41.6 Å². The Bertz CT molecular complexity index is 524. The Morgan fingerprint density at radius 3 is 3.14 bits per heavy atom. The van der Waals surface area contributed by atoms with Crippen molar-refractivity contribution in [2.75, 3.05) is 5.75 Å². The van der Waals surface area contributed by atoms with Crippen molar-refractivity contribution in [1.29, 1.82) is 0 Å². The molecule has 0 radical (unpaired) electrons. The van der Waals surface area contributed by atoms with Crippen molar-refractivity contribution in [1.82, 2.24) is 15.0 Å². The van der Waals surface area contributed by atoms with E-state index < -0.39 is 0 Å². The highest BCUT2D eigenvalue weighted by atomic mass is 35.5. The summed E-state index contributed by atoms with van der Waals surface area (Å²) >= 11 is 9.86. The second-order valence-electron chi connectivity index (χ2n) is 2.55. The van der Waals surface area contributed by atoms with E-state index in [0.29, 0.717) is 10.9 Å². The van der Waals surface area contributed by atoms with Crippen molar-refractivity contribution < 1.29 is 0 Å². The smallest absolute Gasteiger partial charge is 0.156 e. The van der Waals surface area contributed by atoms with Crippen LogP contribution in [0.4, 0.5) is 0 Å². The molecule has 0 bridgehead atoms. The average molecular weight is 224 g/mol. The molecule has 0 aromatic carbocycles. The first-order valence-corrected chi connectivity index (χ1v) is 4.91. The van der Waals surface area contributed by atoms with E-state index in [1.54, 1.807) is 6.20 Å². The molecule has 14 heavy (non-hydrogen) atoms. The molecule has 0 aliphatic rings. The summed E-state index contributed by atoms with van der Waals surface area (Å²) in [4.78, 5) is 10.9. The first kappa shape index (κ1) is 9.38. The molecule has 0 atom stereocenters. The molecular weight excluding hydrogens is 218 g/mol. The van der Waals surface area contributed by atoms with Gasteiger partial charge in [0, 0.05) is 6.20 Å².